The van der Waals surface area contributed by atoms with Crippen LogP contribution < -0.4 is 10.2 Å². The highest BCUT2D eigenvalue weighted by Crippen LogP contribution is 2.21. The summed E-state index contributed by atoms with van der Waals surface area (Å²) < 4.78 is 26.3. The van der Waals surface area contributed by atoms with Crippen LogP contribution in [0.5, 0.6) is 0 Å². The van der Waals surface area contributed by atoms with E-state index in [0.29, 0.717) is 12.1 Å². The molecule has 142 valence electrons. The van der Waals surface area contributed by atoms with Gasteiger partial charge in [-0.15, -0.1) is 0 Å². The van der Waals surface area contributed by atoms with Gasteiger partial charge in [0, 0.05) is 25.7 Å². The van der Waals surface area contributed by atoms with Gasteiger partial charge in [0.2, 0.25) is 5.95 Å². The normalized spacial score (nSPS) is 16.8. The molecular weight excluding hydrogens is 350 g/mol. The van der Waals surface area contributed by atoms with Gasteiger partial charge < -0.3 is 20.3 Å². The Bertz CT molecular complexity index is 888. The number of nitrogens with one attached hydrogen (secondary N) is 2. The number of benzene rings is 2. The van der Waals surface area contributed by atoms with Crippen molar-refractivity contribution in [2.45, 2.75) is 25.0 Å². The van der Waals surface area contributed by atoms with Crippen molar-refractivity contribution in [2.75, 3.05) is 24.5 Å². The molecular formula is C20H22F2N4O. The van der Waals surface area contributed by atoms with E-state index in [9.17, 15) is 13.9 Å². The summed E-state index contributed by atoms with van der Waals surface area (Å²) in [6, 6.07) is 11.7. The molecule has 1 fully saturated rings. The number of fused-ring (bicyclic) bond motifs is 1. The molecule has 0 amide bonds. The third-order valence-electron chi connectivity index (χ3n) is 5.10. The highest BCUT2D eigenvalue weighted by molar-refractivity contribution is 5.77. The van der Waals surface area contributed by atoms with Gasteiger partial charge in [-0.3, -0.25) is 0 Å². The van der Waals surface area contributed by atoms with Crippen molar-refractivity contribution in [3.05, 3.63) is 59.7 Å². The number of aromatic nitrogens is 2. The molecule has 4 rings (SSSR count). The number of halogens is 2. The molecule has 1 aromatic heterocycles. The number of aliphatic hydroxyl groups is 1. The summed E-state index contributed by atoms with van der Waals surface area (Å²) in [6.45, 7) is 2.03. The topological polar surface area (TPSA) is 64.2 Å². The molecule has 27 heavy (non-hydrogen) atoms. The Balaban J connectivity index is 1.29. The van der Waals surface area contributed by atoms with Gasteiger partial charge in [0.1, 0.15) is 0 Å². The lowest BCUT2D eigenvalue weighted by Gasteiger charge is -2.32. The number of aromatic amines is 1. The fraction of sp³-hybridized carbons (Fsp3) is 0.350. The van der Waals surface area contributed by atoms with E-state index in [1.807, 2.05) is 24.3 Å². The number of aliphatic hydroxyl groups excluding tert-OH is 1. The molecule has 1 aliphatic rings. The van der Waals surface area contributed by atoms with E-state index in [0.717, 1.165) is 55.0 Å². The fourth-order valence-corrected chi connectivity index (χ4v) is 3.50. The van der Waals surface area contributed by atoms with Gasteiger partial charge in [0.25, 0.3) is 0 Å². The molecule has 0 radical (unpaired) electrons. The second-order valence-electron chi connectivity index (χ2n) is 6.94. The largest absolute Gasteiger partial charge is 0.387 e. The predicted molar refractivity (Wildman–Crippen MR) is 101 cm³/mol. The van der Waals surface area contributed by atoms with Crippen LogP contribution in [0.2, 0.25) is 0 Å². The van der Waals surface area contributed by atoms with Crippen molar-refractivity contribution in [1.82, 2.24) is 15.3 Å². The molecule has 1 unspecified atom stereocenters. The number of para-hydroxylation sites is 2. The van der Waals surface area contributed by atoms with Crippen molar-refractivity contribution in [3.8, 4) is 0 Å². The molecule has 3 N–H and O–H groups in total. The van der Waals surface area contributed by atoms with Gasteiger partial charge >= 0.3 is 0 Å². The van der Waals surface area contributed by atoms with Crippen LogP contribution in [0.25, 0.3) is 11.0 Å². The molecule has 0 aliphatic carbocycles. The van der Waals surface area contributed by atoms with Gasteiger partial charge in [-0.2, -0.15) is 0 Å². The van der Waals surface area contributed by atoms with Crippen molar-refractivity contribution in [2.24, 2.45) is 0 Å². The second kappa shape index (κ2) is 7.62. The Labute approximate surface area is 156 Å². The summed E-state index contributed by atoms with van der Waals surface area (Å²) in [6.07, 6.45) is 0.969. The Hall–Kier alpha value is -2.51. The first-order chi connectivity index (χ1) is 13.1. The van der Waals surface area contributed by atoms with Gasteiger partial charge in [-0.25, -0.2) is 13.8 Å². The van der Waals surface area contributed by atoms with E-state index in [-0.39, 0.29) is 6.04 Å². The van der Waals surface area contributed by atoms with E-state index in [4.69, 9.17) is 0 Å². The Morgan fingerprint density at radius 3 is 2.67 bits per heavy atom. The zero-order valence-electron chi connectivity index (χ0n) is 14.8. The van der Waals surface area contributed by atoms with Crippen LogP contribution >= 0.6 is 0 Å². The minimum atomic E-state index is -0.939. The number of hydrogen-bond acceptors (Lipinski definition) is 4. The smallest absolute Gasteiger partial charge is 0.203 e. The molecule has 0 spiro atoms. The molecule has 0 bridgehead atoms. The van der Waals surface area contributed by atoms with Crippen LogP contribution in [0.4, 0.5) is 14.7 Å². The Kier molecular flexibility index (Phi) is 5.05. The van der Waals surface area contributed by atoms with Crippen molar-refractivity contribution >= 4 is 17.0 Å². The average Bonchev–Trinajstić information content (AvgIpc) is 3.13. The van der Waals surface area contributed by atoms with E-state index in [1.165, 1.54) is 6.07 Å². The number of hydrogen-bond donors (Lipinski definition) is 3. The standard InChI is InChI=1S/C20H22F2N4O/c21-15-6-5-13(11-16(15)22)19(27)12-23-14-7-9-26(10-8-14)20-24-17-3-1-2-4-18(17)25-20/h1-6,11,14,19,23,27H,7-10,12H2,(H,24,25). The Morgan fingerprint density at radius 2 is 1.93 bits per heavy atom. The molecule has 1 atom stereocenters. The number of anilines is 1. The lowest BCUT2D eigenvalue weighted by atomic mass is 10.0. The monoisotopic (exact) mass is 372 g/mol. The first-order valence-electron chi connectivity index (χ1n) is 9.16. The average molecular weight is 372 g/mol. The minimum Gasteiger partial charge on any atom is -0.387 e. The molecule has 2 aromatic carbocycles. The first kappa shape index (κ1) is 17.9. The van der Waals surface area contributed by atoms with Crippen LogP contribution in [-0.4, -0.2) is 40.8 Å². The minimum absolute atomic E-state index is 0.269. The van der Waals surface area contributed by atoms with Crippen LogP contribution in [0.15, 0.2) is 42.5 Å². The van der Waals surface area contributed by atoms with Gasteiger partial charge in [-0.05, 0) is 42.7 Å². The van der Waals surface area contributed by atoms with E-state index in [1.54, 1.807) is 0 Å². The van der Waals surface area contributed by atoms with E-state index < -0.39 is 17.7 Å². The highest BCUT2D eigenvalue weighted by Gasteiger charge is 2.22. The van der Waals surface area contributed by atoms with Crippen molar-refractivity contribution in [1.29, 1.82) is 0 Å². The second-order valence-corrected chi connectivity index (χ2v) is 6.94. The predicted octanol–water partition coefficient (Wildman–Crippen LogP) is 3.13. The quantitative estimate of drug-likeness (QED) is 0.644. The van der Waals surface area contributed by atoms with Crippen LogP contribution in [0, 0.1) is 11.6 Å². The van der Waals surface area contributed by atoms with Gasteiger partial charge in [-0.1, -0.05) is 18.2 Å². The van der Waals surface area contributed by atoms with Crippen molar-refractivity contribution in [3.63, 3.8) is 0 Å². The number of H-pyrrole nitrogens is 1. The van der Waals surface area contributed by atoms with E-state index in [2.05, 4.69) is 20.2 Å². The third-order valence-corrected chi connectivity index (χ3v) is 5.10. The molecule has 3 aromatic rings. The summed E-state index contributed by atoms with van der Waals surface area (Å²) in [5, 5.41) is 13.5. The summed E-state index contributed by atoms with van der Waals surface area (Å²) in [4.78, 5) is 10.2. The lowest BCUT2D eigenvalue weighted by molar-refractivity contribution is 0.166. The number of nitrogens with zero attached hydrogens (tertiary/aromatic N) is 2. The summed E-state index contributed by atoms with van der Waals surface area (Å²) in [5.74, 6) is -0.959. The first-order valence-corrected chi connectivity index (χ1v) is 9.16. The molecule has 1 saturated heterocycles. The van der Waals surface area contributed by atoms with Crippen LogP contribution in [0.3, 0.4) is 0 Å². The summed E-state index contributed by atoms with van der Waals surface area (Å²) >= 11 is 0. The maximum absolute atomic E-state index is 13.3. The number of imidazole rings is 1. The summed E-state index contributed by atoms with van der Waals surface area (Å²) in [7, 11) is 0. The van der Waals surface area contributed by atoms with Crippen molar-refractivity contribution < 1.29 is 13.9 Å². The lowest BCUT2D eigenvalue weighted by Crippen LogP contribution is -2.44. The highest BCUT2D eigenvalue weighted by atomic mass is 19.2. The van der Waals surface area contributed by atoms with Gasteiger partial charge in [0.15, 0.2) is 11.6 Å². The van der Waals surface area contributed by atoms with E-state index >= 15 is 0 Å². The molecule has 7 heteroatoms. The van der Waals surface area contributed by atoms with Gasteiger partial charge in [0.05, 0.1) is 17.1 Å². The zero-order valence-corrected chi connectivity index (χ0v) is 14.8. The molecule has 5 nitrogen and oxygen atoms in total. The molecule has 0 saturated carbocycles. The fourth-order valence-electron chi connectivity index (χ4n) is 3.50. The third kappa shape index (κ3) is 3.94. The molecule has 2 heterocycles. The number of piperidine rings is 1. The Morgan fingerprint density at radius 1 is 1.15 bits per heavy atom. The maximum atomic E-state index is 13.3. The summed E-state index contributed by atoms with van der Waals surface area (Å²) in [5.41, 5.74) is 2.37. The zero-order chi connectivity index (χ0) is 18.8. The van der Waals surface area contributed by atoms with Crippen LogP contribution in [0.1, 0.15) is 24.5 Å². The number of rotatable bonds is 5. The maximum Gasteiger partial charge on any atom is 0.203 e. The SMILES string of the molecule is OC(CNC1CCN(c2nc3ccccc3[nH]2)CC1)c1ccc(F)c(F)c1. The van der Waals surface area contributed by atoms with Crippen LogP contribution in [-0.2, 0) is 0 Å². The molecule has 1 aliphatic heterocycles.